The summed E-state index contributed by atoms with van der Waals surface area (Å²) in [5, 5.41) is 5.66. The van der Waals surface area contributed by atoms with E-state index in [0.717, 1.165) is 47.6 Å². The number of carbonyl (C=O) groups is 2. The van der Waals surface area contributed by atoms with Crippen LogP contribution < -0.4 is 20.1 Å². The first-order valence-corrected chi connectivity index (χ1v) is 15.7. The van der Waals surface area contributed by atoms with Crippen molar-refractivity contribution in [2.45, 2.75) is 62.5 Å². The summed E-state index contributed by atoms with van der Waals surface area (Å²) in [6.07, 6.45) is -0.460. The Balaban J connectivity index is 1.04. The van der Waals surface area contributed by atoms with E-state index in [1.807, 2.05) is 12.1 Å². The lowest BCUT2D eigenvalue weighted by Crippen LogP contribution is -2.53. The quantitative estimate of drug-likeness (QED) is 0.351. The standard InChI is InChI=1S/C34H36F3N5O4/c1-42(2,3)21-5-4-14-41(18-21)17-20-7-6-19(15-25(20)34(35,36)37)33(44)40-30-29-24-16-22(8-10-26(24)46-31(29)30)45-27-12-13-38-32-23(27)9-11-28(43)39-32/h6-8,10,12-13,15-16,21,29-31H,4-5,9,11,14,17-18H2,1-3H3,(H-,38,39,40,43,44)/p+1. The van der Waals surface area contributed by atoms with Crippen LogP contribution in [0.1, 0.15) is 57.8 Å². The molecule has 2 amide bonds. The van der Waals surface area contributed by atoms with Gasteiger partial charge < -0.3 is 24.6 Å². The van der Waals surface area contributed by atoms with E-state index in [1.165, 1.54) is 12.1 Å². The molecule has 3 aliphatic heterocycles. The van der Waals surface area contributed by atoms with E-state index >= 15 is 0 Å². The number of hydrogen-bond donors (Lipinski definition) is 2. The van der Waals surface area contributed by atoms with E-state index in [1.54, 1.807) is 18.3 Å². The monoisotopic (exact) mass is 636 g/mol. The minimum atomic E-state index is -4.59. The van der Waals surface area contributed by atoms with Crippen LogP contribution in [-0.4, -0.2) is 78.6 Å². The number of aromatic nitrogens is 1. The van der Waals surface area contributed by atoms with Gasteiger partial charge in [-0.2, -0.15) is 13.2 Å². The van der Waals surface area contributed by atoms with Gasteiger partial charge in [0.2, 0.25) is 5.91 Å². The average molecular weight is 637 g/mol. The lowest BCUT2D eigenvalue weighted by Gasteiger charge is -2.41. The zero-order valence-electron chi connectivity index (χ0n) is 26.0. The molecule has 7 rings (SSSR count). The van der Waals surface area contributed by atoms with Crippen LogP contribution in [-0.2, 0) is 23.9 Å². The van der Waals surface area contributed by atoms with Crippen LogP contribution in [0, 0.1) is 0 Å². The predicted octanol–water partition coefficient (Wildman–Crippen LogP) is 5.10. The second kappa shape index (κ2) is 11.3. The van der Waals surface area contributed by atoms with Crippen molar-refractivity contribution in [1.29, 1.82) is 0 Å². The van der Waals surface area contributed by atoms with E-state index < -0.39 is 17.6 Å². The molecule has 1 saturated carbocycles. The number of nitrogens with one attached hydrogen (secondary N) is 2. The first-order valence-electron chi connectivity index (χ1n) is 15.7. The fourth-order valence-electron chi connectivity index (χ4n) is 6.96. The summed E-state index contributed by atoms with van der Waals surface area (Å²) < 4.78 is 55.7. The molecule has 4 unspecified atom stereocenters. The van der Waals surface area contributed by atoms with Gasteiger partial charge in [0.05, 0.1) is 45.2 Å². The minimum absolute atomic E-state index is 0.0317. The Morgan fingerprint density at radius 2 is 1.98 bits per heavy atom. The lowest BCUT2D eigenvalue weighted by molar-refractivity contribution is -0.896. The number of anilines is 1. The maximum atomic E-state index is 14.2. The number of likely N-dealkylation sites (tertiary alicyclic amines) is 1. The highest BCUT2D eigenvalue weighted by atomic mass is 19.4. The first kappa shape index (κ1) is 30.5. The van der Waals surface area contributed by atoms with Crippen LogP contribution >= 0.6 is 0 Å². The second-order valence-corrected chi connectivity index (χ2v) is 13.6. The zero-order chi connectivity index (χ0) is 32.4. The molecule has 0 radical (unpaired) electrons. The number of pyridine rings is 1. The molecule has 1 aliphatic carbocycles. The molecule has 2 fully saturated rings. The Labute approximate surface area is 265 Å². The van der Waals surface area contributed by atoms with Crippen molar-refractivity contribution in [1.82, 2.24) is 15.2 Å². The van der Waals surface area contributed by atoms with E-state index in [9.17, 15) is 22.8 Å². The molecule has 4 aliphatic rings. The smallest absolute Gasteiger partial charge is 0.416 e. The van der Waals surface area contributed by atoms with Crippen LogP contribution in [0.4, 0.5) is 19.0 Å². The number of piperidine rings is 1. The van der Waals surface area contributed by atoms with Crippen molar-refractivity contribution in [2.75, 3.05) is 39.5 Å². The SMILES string of the molecule is C[N+](C)(C)C1CCCN(Cc2ccc(C(=O)NC3C4Oc5ccc(Oc6ccnc7c6CCC(=O)N7)cc5C34)cc2C(F)(F)F)C1. The summed E-state index contributed by atoms with van der Waals surface area (Å²) in [4.78, 5) is 31.3. The van der Waals surface area contributed by atoms with Gasteiger partial charge in [0.25, 0.3) is 5.91 Å². The Hall–Kier alpha value is -4.16. The number of quaternary nitrogens is 1. The Kier molecular flexibility index (Phi) is 7.47. The maximum Gasteiger partial charge on any atom is 0.416 e. The van der Waals surface area contributed by atoms with E-state index in [-0.39, 0.29) is 41.6 Å². The summed E-state index contributed by atoms with van der Waals surface area (Å²) in [5.41, 5.74) is 1.06. The molecule has 0 spiro atoms. The van der Waals surface area contributed by atoms with Gasteiger partial charge in [0.15, 0.2) is 0 Å². The lowest BCUT2D eigenvalue weighted by atomic mass is 9.99. The van der Waals surface area contributed by atoms with Gasteiger partial charge in [-0.15, -0.1) is 0 Å². The van der Waals surface area contributed by atoms with Crippen molar-refractivity contribution in [3.63, 3.8) is 0 Å². The molecule has 2 N–H and O–H groups in total. The van der Waals surface area contributed by atoms with E-state index in [4.69, 9.17) is 9.47 Å². The summed E-state index contributed by atoms with van der Waals surface area (Å²) in [6, 6.07) is 11.1. The summed E-state index contributed by atoms with van der Waals surface area (Å²) in [6.45, 7) is 1.66. The van der Waals surface area contributed by atoms with Gasteiger partial charge in [-0.3, -0.25) is 14.5 Å². The second-order valence-electron chi connectivity index (χ2n) is 13.6. The normalized spacial score (nSPS) is 23.8. The molecule has 12 heteroatoms. The zero-order valence-corrected chi connectivity index (χ0v) is 26.0. The summed E-state index contributed by atoms with van der Waals surface area (Å²) in [5.74, 6) is 1.55. The van der Waals surface area contributed by atoms with Crippen molar-refractivity contribution < 1.29 is 36.7 Å². The first-order chi connectivity index (χ1) is 21.8. The van der Waals surface area contributed by atoms with Crippen LogP contribution in [0.5, 0.6) is 17.2 Å². The van der Waals surface area contributed by atoms with Gasteiger partial charge in [-0.25, -0.2) is 4.98 Å². The highest BCUT2D eigenvalue weighted by Gasteiger charge is 2.59. The van der Waals surface area contributed by atoms with Crippen LogP contribution in [0.15, 0.2) is 48.7 Å². The molecule has 3 aromatic rings. The Morgan fingerprint density at radius 1 is 1.15 bits per heavy atom. The van der Waals surface area contributed by atoms with Gasteiger partial charge in [-0.1, -0.05) is 6.07 Å². The molecule has 4 atom stereocenters. The van der Waals surface area contributed by atoms with Gasteiger partial charge in [0.1, 0.15) is 35.2 Å². The summed E-state index contributed by atoms with van der Waals surface area (Å²) >= 11 is 0. The number of benzene rings is 2. The third-order valence-electron chi connectivity index (χ3n) is 9.60. The minimum Gasteiger partial charge on any atom is -0.487 e. The van der Waals surface area contributed by atoms with Crippen molar-refractivity contribution in [3.05, 3.63) is 76.5 Å². The number of alkyl halides is 3. The molecular weight excluding hydrogens is 599 g/mol. The molecule has 1 saturated heterocycles. The third-order valence-corrected chi connectivity index (χ3v) is 9.60. The fourth-order valence-corrected chi connectivity index (χ4v) is 6.96. The molecule has 242 valence electrons. The van der Waals surface area contributed by atoms with Crippen molar-refractivity contribution in [3.8, 4) is 17.2 Å². The number of likely N-dealkylation sites (N-methyl/N-ethyl adjacent to an activating group) is 1. The molecular formula is C34H37F3N5O4+. The van der Waals surface area contributed by atoms with Gasteiger partial charge in [0, 0.05) is 42.3 Å². The largest absolute Gasteiger partial charge is 0.487 e. The Bertz CT molecular complexity index is 1700. The molecule has 0 bridgehead atoms. The number of carbonyl (C=O) groups excluding carboxylic acids is 2. The van der Waals surface area contributed by atoms with Crippen molar-refractivity contribution >= 4 is 17.6 Å². The van der Waals surface area contributed by atoms with Crippen LogP contribution in [0.3, 0.4) is 0 Å². The molecule has 4 heterocycles. The van der Waals surface area contributed by atoms with Crippen LogP contribution in [0.25, 0.3) is 0 Å². The van der Waals surface area contributed by atoms with Gasteiger partial charge >= 0.3 is 6.18 Å². The van der Waals surface area contributed by atoms with Crippen molar-refractivity contribution in [2.24, 2.45) is 0 Å². The molecule has 9 nitrogen and oxygen atoms in total. The molecule has 46 heavy (non-hydrogen) atoms. The number of halogens is 3. The highest BCUT2D eigenvalue weighted by Crippen LogP contribution is 2.54. The number of nitrogens with zero attached hydrogens (tertiary/aromatic N) is 3. The Morgan fingerprint density at radius 3 is 2.76 bits per heavy atom. The predicted molar refractivity (Wildman–Crippen MR) is 164 cm³/mol. The average Bonchev–Trinajstić information content (AvgIpc) is 3.52. The highest BCUT2D eigenvalue weighted by molar-refractivity contribution is 5.95. The number of fused-ring (bicyclic) bond motifs is 4. The van der Waals surface area contributed by atoms with Crippen LogP contribution in [0.2, 0.25) is 0 Å². The van der Waals surface area contributed by atoms with Gasteiger partial charge in [-0.05, 0) is 61.3 Å². The fraction of sp³-hybridized carbons (Fsp3) is 0.441. The molecule has 1 aromatic heterocycles. The number of hydrogen-bond acceptors (Lipinski definition) is 6. The third kappa shape index (κ3) is 5.91. The summed E-state index contributed by atoms with van der Waals surface area (Å²) in [7, 11) is 6.35. The topological polar surface area (TPSA) is 92.8 Å². The number of ether oxygens (including phenoxy) is 2. The van der Waals surface area contributed by atoms with E-state index in [2.05, 4.69) is 41.7 Å². The number of rotatable bonds is 7. The number of amides is 2. The maximum absolute atomic E-state index is 14.2. The van der Waals surface area contributed by atoms with E-state index in [0.29, 0.717) is 41.9 Å². The molecule has 2 aromatic carbocycles.